The maximum Gasteiger partial charge on any atom is 0.300 e. The third-order valence-electron chi connectivity index (χ3n) is 3.01. The van der Waals surface area contributed by atoms with Gasteiger partial charge in [0.1, 0.15) is 4.21 Å². The van der Waals surface area contributed by atoms with Crippen molar-refractivity contribution in [1.82, 2.24) is 4.72 Å². The highest BCUT2D eigenvalue weighted by molar-refractivity contribution is 7.91. The Hall–Kier alpha value is -0.740. The van der Waals surface area contributed by atoms with E-state index in [0.717, 1.165) is 18.9 Å². The van der Waals surface area contributed by atoms with Gasteiger partial charge < -0.3 is 4.74 Å². The van der Waals surface area contributed by atoms with Gasteiger partial charge in [-0.3, -0.25) is 10.1 Å². The van der Waals surface area contributed by atoms with E-state index in [1.54, 1.807) is 0 Å². The van der Waals surface area contributed by atoms with Gasteiger partial charge in [-0.15, -0.1) is 11.3 Å². The summed E-state index contributed by atoms with van der Waals surface area (Å²) < 4.78 is 31.5. The highest BCUT2D eigenvalue weighted by Crippen LogP contribution is 2.36. The van der Waals surface area contributed by atoms with E-state index < -0.39 is 14.9 Å². The van der Waals surface area contributed by atoms with Crippen molar-refractivity contribution in [3.05, 3.63) is 20.5 Å². The number of sulfonamides is 1. The molecule has 0 bridgehead atoms. The van der Waals surface area contributed by atoms with Gasteiger partial charge in [0.25, 0.3) is 5.69 Å². The Bertz CT molecular complexity index is 595. The van der Waals surface area contributed by atoms with Crippen molar-refractivity contribution in [1.29, 1.82) is 0 Å². The second-order valence-corrected chi connectivity index (χ2v) is 8.04. The van der Waals surface area contributed by atoms with Gasteiger partial charge in [-0.05, 0) is 18.8 Å². The Morgan fingerprint density at radius 3 is 2.70 bits per heavy atom. The molecule has 0 aliphatic carbocycles. The zero-order valence-electron chi connectivity index (χ0n) is 10.4. The number of rotatable bonds is 5. The first-order valence-electron chi connectivity index (χ1n) is 5.91. The molecule has 2 rings (SSSR count). The normalized spacial score (nSPS) is 17.2. The van der Waals surface area contributed by atoms with E-state index in [1.807, 2.05) is 0 Å². The minimum Gasteiger partial charge on any atom is -0.381 e. The summed E-state index contributed by atoms with van der Waals surface area (Å²) in [6.07, 6.45) is 1.60. The molecular formula is C10H13ClN2O5S2. The second kappa shape index (κ2) is 6.35. The van der Waals surface area contributed by atoms with E-state index in [4.69, 9.17) is 16.3 Å². The van der Waals surface area contributed by atoms with Crippen LogP contribution in [0, 0.1) is 16.0 Å². The molecule has 20 heavy (non-hydrogen) atoms. The number of ether oxygens (including phenoxy) is 1. The fourth-order valence-corrected chi connectivity index (χ4v) is 4.67. The molecule has 0 radical (unpaired) electrons. The predicted octanol–water partition coefficient (Wildman–Crippen LogP) is 2.01. The van der Waals surface area contributed by atoms with Gasteiger partial charge in [-0.1, -0.05) is 11.6 Å². The molecule has 2 heterocycles. The first-order valence-corrected chi connectivity index (χ1v) is 8.59. The molecule has 0 unspecified atom stereocenters. The van der Waals surface area contributed by atoms with E-state index in [-0.39, 0.29) is 20.2 Å². The lowest BCUT2D eigenvalue weighted by atomic mass is 10.0. The van der Waals surface area contributed by atoms with Crippen molar-refractivity contribution in [2.45, 2.75) is 17.1 Å². The molecule has 0 aromatic carbocycles. The average molecular weight is 341 g/mol. The molecule has 112 valence electrons. The van der Waals surface area contributed by atoms with E-state index in [1.165, 1.54) is 0 Å². The highest BCUT2D eigenvalue weighted by Gasteiger charge is 2.26. The van der Waals surface area contributed by atoms with Crippen molar-refractivity contribution >= 4 is 38.6 Å². The molecule has 1 saturated heterocycles. The van der Waals surface area contributed by atoms with Gasteiger partial charge >= 0.3 is 0 Å². The second-order valence-electron chi connectivity index (χ2n) is 4.39. The first-order chi connectivity index (χ1) is 9.40. The van der Waals surface area contributed by atoms with Crippen molar-refractivity contribution in [2.24, 2.45) is 5.92 Å². The van der Waals surface area contributed by atoms with Crippen LogP contribution in [0.25, 0.3) is 0 Å². The standard InChI is InChI=1S/C10H13ClN2O5S2/c11-10-8(13(14)15)5-9(19-10)20(16,17)12-6-7-1-3-18-4-2-7/h5,7,12H,1-4,6H2. The highest BCUT2D eigenvalue weighted by atomic mass is 35.5. The van der Waals surface area contributed by atoms with Crippen LogP contribution < -0.4 is 4.72 Å². The van der Waals surface area contributed by atoms with Crippen LogP contribution >= 0.6 is 22.9 Å². The van der Waals surface area contributed by atoms with Crippen LogP contribution in [0.15, 0.2) is 10.3 Å². The molecule has 10 heteroatoms. The van der Waals surface area contributed by atoms with E-state index >= 15 is 0 Å². The number of halogens is 1. The Kier molecular flexibility index (Phi) is 4.97. The molecule has 1 aromatic heterocycles. The van der Waals surface area contributed by atoms with Gasteiger partial charge in [0.05, 0.1) is 4.92 Å². The molecule has 0 spiro atoms. The molecule has 1 aliphatic rings. The van der Waals surface area contributed by atoms with Gasteiger partial charge in [-0.25, -0.2) is 13.1 Å². The molecule has 0 amide bonds. The number of hydrogen-bond donors (Lipinski definition) is 1. The summed E-state index contributed by atoms with van der Waals surface area (Å²) in [6, 6.07) is 0.985. The molecule has 0 saturated carbocycles. The smallest absolute Gasteiger partial charge is 0.300 e. The largest absolute Gasteiger partial charge is 0.381 e. The molecule has 1 aromatic rings. The van der Waals surface area contributed by atoms with Crippen molar-refractivity contribution in [3.8, 4) is 0 Å². The summed E-state index contributed by atoms with van der Waals surface area (Å²) >= 11 is 6.35. The Labute approximate surface area is 125 Å². The van der Waals surface area contributed by atoms with Gasteiger partial charge in [0, 0.05) is 25.8 Å². The Morgan fingerprint density at radius 2 is 2.15 bits per heavy atom. The van der Waals surface area contributed by atoms with Gasteiger partial charge in [0.2, 0.25) is 10.0 Å². The SMILES string of the molecule is O=[N+]([O-])c1cc(S(=O)(=O)NCC2CCOCC2)sc1Cl. The van der Waals surface area contributed by atoms with Crippen molar-refractivity contribution in [2.75, 3.05) is 19.8 Å². The summed E-state index contributed by atoms with van der Waals surface area (Å²) in [5.74, 6) is 0.226. The number of hydrogen-bond acceptors (Lipinski definition) is 6. The molecular weight excluding hydrogens is 328 g/mol. The van der Waals surface area contributed by atoms with E-state index in [9.17, 15) is 18.5 Å². The summed E-state index contributed by atoms with van der Waals surface area (Å²) in [7, 11) is -3.76. The van der Waals surface area contributed by atoms with Gasteiger partial charge in [0.15, 0.2) is 4.34 Å². The zero-order chi connectivity index (χ0) is 14.8. The van der Waals surface area contributed by atoms with Crippen molar-refractivity contribution < 1.29 is 18.1 Å². The van der Waals surface area contributed by atoms with E-state index in [0.29, 0.717) is 31.1 Å². The van der Waals surface area contributed by atoms with Crippen molar-refractivity contribution in [3.63, 3.8) is 0 Å². The van der Waals surface area contributed by atoms with Crippen LogP contribution in [-0.2, 0) is 14.8 Å². The van der Waals surface area contributed by atoms with Crippen LogP contribution in [0.5, 0.6) is 0 Å². The van der Waals surface area contributed by atoms with Crippen LogP contribution in [-0.4, -0.2) is 33.1 Å². The number of thiophene rings is 1. The first kappa shape index (κ1) is 15.6. The maximum atomic E-state index is 12.0. The summed E-state index contributed by atoms with van der Waals surface area (Å²) in [5, 5.41) is 10.7. The predicted molar refractivity (Wildman–Crippen MR) is 74.7 cm³/mol. The molecule has 7 nitrogen and oxygen atoms in total. The lowest BCUT2D eigenvalue weighted by molar-refractivity contribution is -0.384. The minimum atomic E-state index is -3.76. The average Bonchev–Trinajstić information content (AvgIpc) is 2.81. The lowest BCUT2D eigenvalue weighted by Crippen LogP contribution is -2.31. The Balaban J connectivity index is 2.06. The third kappa shape index (κ3) is 3.67. The van der Waals surface area contributed by atoms with E-state index in [2.05, 4.69) is 4.72 Å². The fourth-order valence-electron chi connectivity index (χ4n) is 1.84. The summed E-state index contributed by atoms with van der Waals surface area (Å²) in [6.45, 7) is 1.56. The van der Waals surface area contributed by atoms with Gasteiger partial charge in [-0.2, -0.15) is 0 Å². The van der Waals surface area contributed by atoms with Crippen LogP contribution in [0.1, 0.15) is 12.8 Å². The lowest BCUT2D eigenvalue weighted by Gasteiger charge is -2.21. The minimum absolute atomic E-state index is 0.138. The molecule has 1 aliphatic heterocycles. The third-order valence-corrected chi connectivity index (χ3v) is 6.25. The zero-order valence-corrected chi connectivity index (χ0v) is 12.8. The quantitative estimate of drug-likeness (QED) is 0.653. The number of nitro groups is 1. The number of nitrogens with one attached hydrogen (secondary N) is 1. The fraction of sp³-hybridized carbons (Fsp3) is 0.600. The maximum absolute atomic E-state index is 12.0. The topological polar surface area (TPSA) is 98.5 Å². The number of nitrogens with zero attached hydrogens (tertiary/aromatic N) is 1. The van der Waals surface area contributed by atoms with Crippen LogP contribution in [0.3, 0.4) is 0 Å². The molecule has 1 fully saturated rings. The van der Waals surface area contributed by atoms with Crippen LogP contribution in [0.4, 0.5) is 5.69 Å². The molecule has 0 atom stereocenters. The summed E-state index contributed by atoms with van der Waals surface area (Å²) in [4.78, 5) is 9.97. The van der Waals surface area contributed by atoms with Crippen LogP contribution in [0.2, 0.25) is 4.34 Å². The summed E-state index contributed by atoms with van der Waals surface area (Å²) in [5.41, 5.74) is -0.386. The Morgan fingerprint density at radius 1 is 1.50 bits per heavy atom. The monoisotopic (exact) mass is 340 g/mol. The molecule has 1 N–H and O–H groups in total.